The maximum Gasteiger partial charge on any atom is 0.329 e. The molecule has 1 N–H and O–H groups in total. The number of nitrogens with zero attached hydrogens (tertiary/aromatic N) is 4. The Labute approximate surface area is 234 Å². The number of aliphatic carboxylic acids is 1. The van der Waals surface area contributed by atoms with E-state index in [1.807, 2.05) is 84.9 Å². The van der Waals surface area contributed by atoms with Crippen molar-refractivity contribution in [1.82, 2.24) is 14.7 Å². The van der Waals surface area contributed by atoms with E-state index in [0.717, 1.165) is 17.5 Å². The van der Waals surface area contributed by atoms with Crippen molar-refractivity contribution in [3.05, 3.63) is 103 Å². The van der Waals surface area contributed by atoms with Gasteiger partial charge in [-0.3, -0.25) is 4.90 Å². The summed E-state index contributed by atoms with van der Waals surface area (Å²) in [5, 5.41) is 10.4. The fourth-order valence-corrected chi connectivity index (χ4v) is 5.89. The lowest BCUT2D eigenvalue weighted by atomic mass is 9.86. The van der Waals surface area contributed by atoms with E-state index in [9.17, 15) is 19.5 Å². The molecule has 0 spiro atoms. The maximum atomic E-state index is 14.2. The Morgan fingerprint density at radius 2 is 1.50 bits per heavy atom. The molecule has 2 fully saturated rings. The Hall–Kier alpha value is -4.59. The number of anilines is 2. The van der Waals surface area contributed by atoms with Gasteiger partial charge in [0.2, 0.25) is 0 Å². The molecular formula is C32H34N4O4. The van der Waals surface area contributed by atoms with Crippen LogP contribution in [-0.4, -0.2) is 69.6 Å². The molecule has 0 unspecified atom stereocenters. The molecule has 0 aliphatic carbocycles. The van der Waals surface area contributed by atoms with Crippen LogP contribution in [0, 0.1) is 0 Å². The number of carboxylic acid groups (broad SMARTS) is 1. The third-order valence-electron chi connectivity index (χ3n) is 7.80. The molecule has 40 heavy (non-hydrogen) atoms. The molecular weight excluding hydrogens is 504 g/mol. The largest absolute Gasteiger partial charge is 0.480 e. The molecule has 3 aromatic rings. The zero-order chi connectivity index (χ0) is 28.2. The van der Waals surface area contributed by atoms with Crippen LogP contribution in [0.15, 0.2) is 91.5 Å². The average Bonchev–Trinajstić information content (AvgIpc) is 2.97. The van der Waals surface area contributed by atoms with Gasteiger partial charge in [0.15, 0.2) is 6.04 Å². The lowest BCUT2D eigenvalue weighted by molar-refractivity contribution is -0.148. The first-order chi connectivity index (χ1) is 19.4. The molecule has 2 bridgehead atoms. The first-order valence-electron chi connectivity index (χ1n) is 13.6. The summed E-state index contributed by atoms with van der Waals surface area (Å²) in [5.41, 5.74) is 3.26. The van der Waals surface area contributed by atoms with Crippen LogP contribution in [0.3, 0.4) is 0 Å². The highest BCUT2D eigenvalue weighted by Crippen LogP contribution is 2.36. The van der Waals surface area contributed by atoms with Crippen LogP contribution in [0.25, 0.3) is 6.08 Å². The first-order valence-corrected chi connectivity index (χ1v) is 13.6. The van der Waals surface area contributed by atoms with Crippen molar-refractivity contribution < 1.29 is 19.5 Å². The summed E-state index contributed by atoms with van der Waals surface area (Å²) >= 11 is 0. The number of carbonyl (C=O) groups excluding carboxylic acids is 2. The Kier molecular flexibility index (Phi) is 7.86. The minimum absolute atomic E-state index is 0.149. The lowest BCUT2D eigenvalue weighted by Crippen LogP contribution is -2.72. The number of carboxylic acids is 1. The molecule has 0 radical (unpaired) electrons. The smallest absolute Gasteiger partial charge is 0.329 e. The van der Waals surface area contributed by atoms with Gasteiger partial charge in [0.25, 0.3) is 0 Å². The van der Waals surface area contributed by atoms with Gasteiger partial charge in [0.1, 0.15) is 0 Å². The third-order valence-corrected chi connectivity index (χ3v) is 7.80. The number of para-hydroxylation sites is 2. The van der Waals surface area contributed by atoms with E-state index in [-0.39, 0.29) is 18.6 Å². The molecule has 2 aliphatic heterocycles. The van der Waals surface area contributed by atoms with Gasteiger partial charge in [-0.1, -0.05) is 73.3 Å². The number of hydrogen-bond donors (Lipinski definition) is 1. The number of amides is 4. The molecule has 0 saturated carbocycles. The van der Waals surface area contributed by atoms with Gasteiger partial charge in [-0.2, -0.15) is 0 Å². The number of rotatable bonds is 6. The molecule has 8 heteroatoms. The van der Waals surface area contributed by atoms with Crippen LogP contribution in [0.2, 0.25) is 0 Å². The van der Waals surface area contributed by atoms with Gasteiger partial charge in [-0.25, -0.2) is 14.4 Å². The third kappa shape index (κ3) is 5.30. The SMILES string of the molecule is C=Cc1ccc(CN(C)C(=O)N2[C@H]3CCC[C@@H]2[C@@H](C(=O)O)N(C(=O)N(c2ccccc2)c2ccccc2)C3)cc1. The monoisotopic (exact) mass is 538 g/mol. The second kappa shape index (κ2) is 11.7. The van der Waals surface area contributed by atoms with Crippen LogP contribution in [0.5, 0.6) is 0 Å². The second-order valence-corrected chi connectivity index (χ2v) is 10.4. The fraction of sp³-hybridized carbons (Fsp3) is 0.281. The predicted octanol–water partition coefficient (Wildman–Crippen LogP) is 5.83. The van der Waals surface area contributed by atoms with E-state index in [2.05, 4.69) is 6.58 Å². The highest BCUT2D eigenvalue weighted by molar-refractivity contribution is 6.01. The van der Waals surface area contributed by atoms with Crippen molar-refractivity contribution in [2.45, 2.75) is 43.9 Å². The fourth-order valence-electron chi connectivity index (χ4n) is 5.89. The highest BCUT2D eigenvalue weighted by atomic mass is 16.4. The summed E-state index contributed by atoms with van der Waals surface area (Å²) in [5.74, 6) is -1.11. The Morgan fingerprint density at radius 1 is 0.900 bits per heavy atom. The quantitative estimate of drug-likeness (QED) is 0.428. The second-order valence-electron chi connectivity index (χ2n) is 10.4. The Balaban J connectivity index is 1.43. The maximum absolute atomic E-state index is 14.2. The van der Waals surface area contributed by atoms with Gasteiger partial charge >= 0.3 is 18.0 Å². The van der Waals surface area contributed by atoms with Crippen molar-refractivity contribution >= 4 is 35.5 Å². The van der Waals surface area contributed by atoms with Crippen LogP contribution in [0.1, 0.15) is 30.4 Å². The number of urea groups is 2. The van der Waals surface area contributed by atoms with Crippen molar-refractivity contribution in [3.8, 4) is 0 Å². The average molecular weight is 539 g/mol. The zero-order valence-corrected chi connectivity index (χ0v) is 22.6. The van der Waals surface area contributed by atoms with E-state index in [4.69, 9.17) is 0 Å². The topological polar surface area (TPSA) is 84.4 Å². The number of fused-ring (bicyclic) bond motifs is 2. The van der Waals surface area contributed by atoms with Crippen molar-refractivity contribution in [3.63, 3.8) is 0 Å². The molecule has 3 aromatic carbocycles. The van der Waals surface area contributed by atoms with Crippen LogP contribution < -0.4 is 4.90 Å². The van der Waals surface area contributed by atoms with Gasteiger partial charge in [0.05, 0.1) is 23.5 Å². The van der Waals surface area contributed by atoms with E-state index >= 15 is 0 Å². The zero-order valence-electron chi connectivity index (χ0n) is 22.6. The summed E-state index contributed by atoms with van der Waals surface area (Å²) in [6, 6.07) is 23.6. The summed E-state index contributed by atoms with van der Waals surface area (Å²) in [4.78, 5) is 47.2. The van der Waals surface area contributed by atoms with E-state index in [1.165, 1.54) is 4.90 Å². The summed E-state index contributed by atoms with van der Waals surface area (Å²) in [6.07, 6.45) is 3.79. The Morgan fingerprint density at radius 3 is 2.05 bits per heavy atom. The Bertz CT molecular complexity index is 1320. The molecule has 2 saturated heterocycles. The number of hydrogen-bond acceptors (Lipinski definition) is 3. The van der Waals surface area contributed by atoms with Gasteiger partial charge in [-0.15, -0.1) is 0 Å². The number of piperidine rings is 1. The molecule has 2 heterocycles. The lowest BCUT2D eigenvalue weighted by Gasteiger charge is -2.54. The molecule has 8 nitrogen and oxygen atoms in total. The van der Waals surface area contributed by atoms with Crippen molar-refractivity contribution in [2.75, 3.05) is 18.5 Å². The number of likely N-dealkylation sites (tertiary alicyclic amines) is 1. The molecule has 2 aliphatic rings. The van der Waals surface area contributed by atoms with E-state index < -0.39 is 24.1 Å². The van der Waals surface area contributed by atoms with Gasteiger partial charge in [0, 0.05) is 20.1 Å². The molecule has 4 amide bonds. The van der Waals surface area contributed by atoms with Gasteiger partial charge < -0.3 is 19.8 Å². The summed E-state index contributed by atoms with van der Waals surface area (Å²) in [7, 11) is 1.74. The molecule has 206 valence electrons. The summed E-state index contributed by atoms with van der Waals surface area (Å²) in [6.45, 7) is 4.32. The highest BCUT2D eigenvalue weighted by Gasteiger charge is 2.52. The van der Waals surface area contributed by atoms with Crippen molar-refractivity contribution in [1.29, 1.82) is 0 Å². The van der Waals surface area contributed by atoms with Crippen molar-refractivity contribution in [2.24, 2.45) is 0 Å². The normalized spacial score (nSPS) is 20.0. The number of benzene rings is 3. The first kappa shape index (κ1) is 27.0. The van der Waals surface area contributed by atoms with E-state index in [0.29, 0.717) is 30.8 Å². The standard InChI is InChI=1S/C32H34N4O4/c1-3-23-17-19-24(20-18-23)21-33(2)31(39)36-27-15-10-16-28(36)29(30(37)38)34(22-27)32(40)35(25-11-6-4-7-12-25)26-13-8-5-9-14-26/h3-9,11-14,17-20,27-29H,1,10,15-16,21-22H2,2H3,(H,37,38)/t27-,28+,29-/m0/s1. The van der Waals surface area contributed by atoms with Gasteiger partial charge in [-0.05, 0) is 54.7 Å². The molecule has 3 atom stereocenters. The number of carbonyl (C=O) groups is 3. The minimum atomic E-state index is -1.16. The summed E-state index contributed by atoms with van der Waals surface area (Å²) < 4.78 is 0. The molecule has 0 aromatic heterocycles. The van der Waals surface area contributed by atoms with Crippen LogP contribution in [-0.2, 0) is 11.3 Å². The minimum Gasteiger partial charge on any atom is -0.480 e. The number of piperazine rings is 1. The van der Waals surface area contributed by atoms with E-state index in [1.54, 1.807) is 27.8 Å². The predicted molar refractivity (Wildman–Crippen MR) is 155 cm³/mol. The van der Waals surface area contributed by atoms with Crippen LogP contribution >= 0.6 is 0 Å². The molecule has 5 rings (SSSR count). The van der Waals surface area contributed by atoms with Crippen LogP contribution in [0.4, 0.5) is 21.0 Å².